The summed E-state index contributed by atoms with van der Waals surface area (Å²) in [7, 11) is 1.48. The van der Waals surface area contributed by atoms with Crippen molar-refractivity contribution in [2.75, 3.05) is 7.11 Å². The highest BCUT2D eigenvalue weighted by molar-refractivity contribution is 5.77. The Morgan fingerprint density at radius 2 is 1.84 bits per heavy atom. The molecule has 0 amide bonds. The van der Waals surface area contributed by atoms with Gasteiger partial charge in [0.15, 0.2) is 11.5 Å². The first kappa shape index (κ1) is 15.5. The maximum atomic E-state index is 10.9. The standard InChI is InChI=1S/C15H23NO3/c1-10(2)16(11(3)4)8-13-6-12(9-17)7-14(19-5)15(13)18/h6-7,9-11,18H,8H2,1-5H3. The molecule has 0 saturated carbocycles. The van der Waals surface area contributed by atoms with Gasteiger partial charge in [0.25, 0.3) is 0 Å². The van der Waals surface area contributed by atoms with E-state index in [0.717, 1.165) is 6.29 Å². The van der Waals surface area contributed by atoms with Gasteiger partial charge < -0.3 is 9.84 Å². The number of hydrogen-bond acceptors (Lipinski definition) is 4. The number of rotatable bonds is 6. The monoisotopic (exact) mass is 265 g/mol. The summed E-state index contributed by atoms with van der Waals surface area (Å²) in [5.41, 5.74) is 1.22. The highest BCUT2D eigenvalue weighted by atomic mass is 16.5. The van der Waals surface area contributed by atoms with Crippen molar-refractivity contribution >= 4 is 6.29 Å². The molecule has 1 N–H and O–H groups in total. The van der Waals surface area contributed by atoms with Crippen LogP contribution in [0.3, 0.4) is 0 Å². The van der Waals surface area contributed by atoms with Gasteiger partial charge in [-0.2, -0.15) is 0 Å². The molecule has 0 radical (unpaired) electrons. The van der Waals surface area contributed by atoms with Gasteiger partial charge in [0.1, 0.15) is 6.29 Å². The minimum Gasteiger partial charge on any atom is -0.504 e. The Bertz CT molecular complexity index is 433. The number of aromatic hydroxyl groups is 1. The molecule has 0 unspecified atom stereocenters. The Kier molecular flexibility index (Phi) is 5.36. The summed E-state index contributed by atoms with van der Waals surface area (Å²) < 4.78 is 5.10. The van der Waals surface area contributed by atoms with E-state index in [2.05, 4.69) is 32.6 Å². The van der Waals surface area contributed by atoms with Crippen LogP contribution in [-0.4, -0.2) is 35.5 Å². The van der Waals surface area contributed by atoms with E-state index >= 15 is 0 Å². The average molecular weight is 265 g/mol. The third-order valence-corrected chi connectivity index (χ3v) is 3.21. The summed E-state index contributed by atoms with van der Waals surface area (Å²) in [6, 6.07) is 3.96. The van der Waals surface area contributed by atoms with Crippen LogP contribution in [-0.2, 0) is 6.54 Å². The summed E-state index contributed by atoms with van der Waals surface area (Å²) in [4.78, 5) is 13.2. The lowest BCUT2D eigenvalue weighted by Crippen LogP contribution is -2.36. The largest absolute Gasteiger partial charge is 0.504 e. The Hall–Kier alpha value is -1.55. The lowest BCUT2D eigenvalue weighted by Gasteiger charge is -2.31. The average Bonchev–Trinajstić information content (AvgIpc) is 2.36. The topological polar surface area (TPSA) is 49.8 Å². The summed E-state index contributed by atoms with van der Waals surface area (Å²) in [5, 5.41) is 10.2. The molecule has 0 spiro atoms. The lowest BCUT2D eigenvalue weighted by atomic mass is 10.1. The minimum absolute atomic E-state index is 0.111. The van der Waals surface area contributed by atoms with Crippen molar-refractivity contribution in [1.82, 2.24) is 4.90 Å². The molecule has 1 rings (SSSR count). The fourth-order valence-electron chi connectivity index (χ4n) is 2.19. The second kappa shape index (κ2) is 6.57. The normalized spacial score (nSPS) is 11.4. The summed E-state index contributed by atoms with van der Waals surface area (Å²) in [6.45, 7) is 9.02. The third kappa shape index (κ3) is 3.70. The van der Waals surface area contributed by atoms with Crippen LogP contribution in [0.25, 0.3) is 0 Å². The maximum Gasteiger partial charge on any atom is 0.162 e. The zero-order valence-corrected chi connectivity index (χ0v) is 12.3. The molecule has 0 saturated heterocycles. The van der Waals surface area contributed by atoms with Crippen LogP contribution in [0.5, 0.6) is 11.5 Å². The lowest BCUT2D eigenvalue weighted by molar-refractivity contribution is 0.112. The van der Waals surface area contributed by atoms with Gasteiger partial charge in [0.05, 0.1) is 7.11 Å². The predicted molar refractivity (Wildman–Crippen MR) is 75.9 cm³/mol. The van der Waals surface area contributed by atoms with E-state index in [-0.39, 0.29) is 5.75 Å². The number of nitrogens with zero attached hydrogens (tertiary/aromatic N) is 1. The fraction of sp³-hybridized carbons (Fsp3) is 0.533. The Labute approximate surface area is 115 Å². The number of hydrogen-bond donors (Lipinski definition) is 1. The van der Waals surface area contributed by atoms with Gasteiger partial charge in [0, 0.05) is 29.8 Å². The molecule has 0 atom stereocenters. The number of benzene rings is 1. The predicted octanol–water partition coefficient (Wildman–Crippen LogP) is 2.83. The van der Waals surface area contributed by atoms with Gasteiger partial charge in [-0.25, -0.2) is 0 Å². The Morgan fingerprint density at radius 1 is 1.26 bits per heavy atom. The minimum atomic E-state index is 0.111. The van der Waals surface area contributed by atoms with Gasteiger partial charge in [-0.1, -0.05) is 0 Å². The smallest absolute Gasteiger partial charge is 0.162 e. The second-order valence-corrected chi connectivity index (χ2v) is 5.21. The Morgan fingerprint density at radius 3 is 2.26 bits per heavy atom. The summed E-state index contributed by atoms with van der Waals surface area (Å²) in [5.74, 6) is 0.450. The SMILES string of the molecule is COc1cc(C=O)cc(CN(C(C)C)C(C)C)c1O. The molecular formula is C15H23NO3. The van der Waals surface area contributed by atoms with Crippen molar-refractivity contribution in [2.24, 2.45) is 0 Å². The van der Waals surface area contributed by atoms with E-state index in [1.807, 2.05) is 0 Å². The number of ether oxygens (including phenoxy) is 1. The molecule has 0 bridgehead atoms. The van der Waals surface area contributed by atoms with E-state index in [1.165, 1.54) is 7.11 Å². The highest BCUT2D eigenvalue weighted by Gasteiger charge is 2.18. The van der Waals surface area contributed by atoms with Crippen molar-refractivity contribution in [3.05, 3.63) is 23.3 Å². The van der Waals surface area contributed by atoms with Gasteiger partial charge in [-0.3, -0.25) is 9.69 Å². The van der Waals surface area contributed by atoms with E-state index < -0.39 is 0 Å². The maximum absolute atomic E-state index is 10.9. The number of methoxy groups -OCH3 is 1. The van der Waals surface area contributed by atoms with Gasteiger partial charge in [-0.05, 0) is 39.8 Å². The third-order valence-electron chi connectivity index (χ3n) is 3.21. The van der Waals surface area contributed by atoms with Crippen LogP contribution < -0.4 is 4.74 Å². The highest BCUT2D eigenvalue weighted by Crippen LogP contribution is 2.32. The molecule has 19 heavy (non-hydrogen) atoms. The van der Waals surface area contributed by atoms with Crippen LogP contribution in [0, 0.1) is 0 Å². The number of carbonyl (C=O) groups is 1. The first-order valence-corrected chi connectivity index (χ1v) is 6.51. The number of phenolic OH excluding ortho intramolecular Hbond substituents is 1. The van der Waals surface area contributed by atoms with Crippen LogP contribution in [0.15, 0.2) is 12.1 Å². The van der Waals surface area contributed by atoms with Gasteiger partial charge >= 0.3 is 0 Å². The second-order valence-electron chi connectivity index (χ2n) is 5.21. The quantitative estimate of drug-likeness (QED) is 0.804. The molecule has 4 heteroatoms. The van der Waals surface area contributed by atoms with E-state index in [0.29, 0.717) is 35.5 Å². The van der Waals surface area contributed by atoms with Gasteiger partial charge in [0.2, 0.25) is 0 Å². The molecule has 1 aromatic rings. The van der Waals surface area contributed by atoms with Crippen molar-refractivity contribution in [2.45, 2.75) is 46.3 Å². The molecule has 0 heterocycles. The van der Waals surface area contributed by atoms with Crippen molar-refractivity contribution in [3.63, 3.8) is 0 Å². The van der Waals surface area contributed by atoms with E-state index in [4.69, 9.17) is 4.74 Å². The molecule has 106 valence electrons. The van der Waals surface area contributed by atoms with Crippen molar-refractivity contribution in [3.8, 4) is 11.5 Å². The fourth-order valence-corrected chi connectivity index (χ4v) is 2.19. The number of carbonyl (C=O) groups excluding carboxylic acids is 1. The summed E-state index contributed by atoms with van der Waals surface area (Å²) in [6.07, 6.45) is 0.764. The Balaban J connectivity index is 3.14. The number of aldehydes is 1. The molecule has 1 aromatic carbocycles. The molecule has 0 fully saturated rings. The molecule has 0 aliphatic carbocycles. The van der Waals surface area contributed by atoms with Crippen LogP contribution in [0.2, 0.25) is 0 Å². The van der Waals surface area contributed by atoms with Crippen molar-refractivity contribution < 1.29 is 14.6 Å². The molecule has 0 aromatic heterocycles. The van der Waals surface area contributed by atoms with Gasteiger partial charge in [-0.15, -0.1) is 0 Å². The van der Waals surface area contributed by atoms with E-state index in [9.17, 15) is 9.90 Å². The molecule has 0 aliphatic rings. The summed E-state index contributed by atoms with van der Waals surface area (Å²) >= 11 is 0. The zero-order valence-electron chi connectivity index (χ0n) is 12.3. The first-order valence-electron chi connectivity index (χ1n) is 6.51. The van der Waals surface area contributed by atoms with E-state index in [1.54, 1.807) is 12.1 Å². The molecular weight excluding hydrogens is 242 g/mol. The molecule has 0 aliphatic heterocycles. The van der Waals surface area contributed by atoms with Crippen LogP contribution >= 0.6 is 0 Å². The molecule has 4 nitrogen and oxygen atoms in total. The zero-order chi connectivity index (χ0) is 14.6. The first-order chi connectivity index (χ1) is 8.90. The van der Waals surface area contributed by atoms with Crippen LogP contribution in [0.4, 0.5) is 0 Å². The van der Waals surface area contributed by atoms with Crippen molar-refractivity contribution in [1.29, 1.82) is 0 Å². The number of phenols is 1. The van der Waals surface area contributed by atoms with Crippen LogP contribution in [0.1, 0.15) is 43.6 Å².